The molecule has 0 unspecified atom stereocenters. The Balaban J connectivity index is 2.19. The number of hydrogen-bond donors (Lipinski definition) is 0. The van der Waals surface area contributed by atoms with Crippen LogP contribution in [0.3, 0.4) is 0 Å². The lowest BCUT2D eigenvalue weighted by Crippen LogP contribution is -2.33. The molecule has 1 aliphatic rings. The molecule has 0 fully saturated rings. The minimum absolute atomic E-state index is 0.103. The summed E-state index contributed by atoms with van der Waals surface area (Å²) in [6.07, 6.45) is 12.6. The van der Waals surface area contributed by atoms with Crippen molar-refractivity contribution in [1.82, 2.24) is 0 Å². The van der Waals surface area contributed by atoms with E-state index in [1.165, 1.54) is 64.2 Å². The summed E-state index contributed by atoms with van der Waals surface area (Å²) in [5, 5.41) is 0. The second-order valence-corrected chi connectivity index (χ2v) is 8.89. The molecule has 1 aromatic heterocycles. The Bertz CT molecular complexity index is 663. The standard InChI is InChI=1S/C25H36O2S/c1-5-9-11-13-17-25(18-14-12-10-6-2)19-26-23-21(15-7-3)28-22(16-8-4)24(23)27-20-25/h5-6,9-14,17-20H2,1-4H3. The molecule has 28 heavy (non-hydrogen) atoms. The van der Waals surface area contributed by atoms with E-state index in [1.807, 2.05) is 13.8 Å². The average molecular weight is 401 g/mol. The van der Waals surface area contributed by atoms with Crippen LogP contribution in [0.2, 0.25) is 0 Å². The first kappa shape index (κ1) is 22.7. The Morgan fingerprint density at radius 2 is 1.21 bits per heavy atom. The monoisotopic (exact) mass is 400 g/mol. The summed E-state index contributed by atoms with van der Waals surface area (Å²) in [7, 11) is 0. The number of fused-ring (bicyclic) bond motifs is 1. The fourth-order valence-corrected chi connectivity index (χ4v) is 4.81. The summed E-state index contributed by atoms with van der Waals surface area (Å²) in [6.45, 7) is 9.71. The van der Waals surface area contributed by atoms with E-state index in [9.17, 15) is 0 Å². The molecule has 0 saturated carbocycles. The van der Waals surface area contributed by atoms with Gasteiger partial charge in [0.15, 0.2) is 11.5 Å². The van der Waals surface area contributed by atoms with Crippen LogP contribution >= 0.6 is 11.3 Å². The quantitative estimate of drug-likeness (QED) is 0.306. The lowest BCUT2D eigenvalue weighted by atomic mass is 9.79. The number of rotatable bonds is 10. The Morgan fingerprint density at radius 1 is 0.750 bits per heavy atom. The van der Waals surface area contributed by atoms with Crippen molar-refractivity contribution >= 4 is 11.3 Å². The molecule has 0 atom stereocenters. The van der Waals surface area contributed by atoms with E-state index in [2.05, 4.69) is 37.5 Å². The predicted molar refractivity (Wildman–Crippen MR) is 120 cm³/mol. The first-order valence-electron chi connectivity index (χ1n) is 11.0. The maximum atomic E-state index is 6.40. The molecular weight excluding hydrogens is 364 g/mol. The van der Waals surface area contributed by atoms with Gasteiger partial charge in [-0.15, -0.1) is 23.2 Å². The number of thiophene rings is 1. The second kappa shape index (κ2) is 12.1. The van der Waals surface area contributed by atoms with Crippen LogP contribution in [0.5, 0.6) is 11.5 Å². The minimum atomic E-state index is 0.103. The Hall–Kier alpha value is -1.58. The zero-order chi connectivity index (χ0) is 20.2. The summed E-state index contributed by atoms with van der Waals surface area (Å²) in [5.74, 6) is 14.0. The highest BCUT2D eigenvalue weighted by Crippen LogP contribution is 2.46. The number of ether oxygens (including phenoxy) is 2. The van der Waals surface area contributed by atoms with Crippen molar-refractivity contribution in [1.29, 1.82) is 0 Å². The van der Waals surface area contributed by atoms with Crippen molar-refractivity contribution in [3.63, 3.8) is 0 Å². The molecule has 154 valence electrons. The van der Waals surface area contributed by atoms with E-state index >= 15 is 0 Å². The topological polar surface area (TPSA) is 18.5 Å². The van der Waals surface area contributed by atoms with Gasteiger partial charge in [0.1, 0.15) is 9.75 Å². The summed E-state index contributed by atoms with van der Waals surface area (Å²) < 4.78 is 12.8. The van der Waals surface area contributed by atoms with Gasteiger partial charge in [-0.3, -0.25) is 0 Å². The lowest BCUT2D eigenvalue weighted by molar-refractivity contribution is 0.0781. The molecule has 0 aliphatic carbocycles. The van der Waals surface area contributed by atoms with Gasteiger partial charge < -0.3 is 9.47 Å². The first-order valence-corrected chi connectivity index (χ1v) is 11.8. The van der Waals surface area contributed by atoms with Crippen molar-refractivity contribution < 1.29 is 9.47 Å². The van der Waals surface area contributed by atoms with Gasteiger partial charge in [-0.2, -0.15) is 0 Å². The van der Waals surface area contributed by atoms with Crippen LogP contribution in [0.15, 0.2) is 0 Å². The van der Waals surface area contributed by atoms with Crippen molar-refractivity contribution in [2.24, 2.45) is 5.41 Å². The highest BCUT2D eigenvalue weighted by molar-refractivity contribution is 7.13. The fourth-order valence-electron chi connectivity index (χ4n) is 3.81. The normalized spacial score (nSPS) is 14.4. The van der Waals surface area contributed by atoms with Gasteiger partial charge in [0.05, 0.1) is 13.2 Å². The van der Waals surface area contributed by atoms with Crippen molar-refractivity contribution in [2.45, 2.75) is 91.9 Å². The maximum Gasteiger partial charge on any atom is 0.189 e. The summed E-state index contributed by atoms with van der Waals surface area (Å²) in [6, 6.07) is 0. The largest absolute Gasteiger partial charge is 0.487 e. The van der Waals surface area contributed by atoms with Crippen LogP contribution in [0, 0.1) is 29.1 Å². The summed E-state index contributed by atoms with van der Waals surface area (Å²) in [5.41, 5.74) is 0.103. The van der Waals surface area contributed by atoms with E-state index < -0.39 is 0 Å². The minimum Gasteiger partial charge on any atom is -0.487 e. The Kier molecular flexibility index (Phi) is 9.80. The van der Waals surface area contributed by atoms with Gasteiger partial charge in [0.2, 0.25) is 0 Å². The van der Waals surface area contributed by atoms with Crippen LogP contribution in [-0.4, -0.2) is 13.2 Å². The van der Waals surface area contributed by atoms with Crippen LogP contribution in [0.1, 0.15) is 102 Å². The third-order valence-electron chi connectivity index (χ3n) is 5.47. The molecule has 2 heterocycles. The maximum absolute atomic E-state index is 6.40. The smallest absolute Gasteiger partial charge is 0.189 e. The Labute approximate surface area is 176 Å². The third kappa shape index (κ3) is 6.22. The summed E-state index contributed by atoms with van der Waals surface area (Å²) >= 11 is 1.59. The molecule has 2 rings (SSSR count). The molecule has 2 nitrogen and oxygen atoms in total. The third-order valence-corrected chi connectivity index (χ3v) is 6.45. The first-order chi connectivity index (χ1) is 13.7. The molecule has 0 bridgehead atoms. The molecule has 0 amide bonds. The van der Waals surface area contributed by atoms with Gasteiger partial charge in [0, 0.05) is 5.41 Å². The summed E-state index contributed by atoms with van der Waals surface area (Å²) in [4.78, 5) is 1.89. The molecule has 0 aromatic carbocycles. The molecular formula is C25H36O2S. The lowest BCUT2D eigenvalue weighted by Gasteiger charge is -2.31. The van der Waals surface area contributed by atoms with Gasteiger partial charge in [-0.1, -0.05) is 77.1 Å². The van der Waals surface area contributed by atoms with Crippen LogP contribution in [-0.2, 0) is 0 Å². The zero-order valence-electron chi connectivity index (χ0n) is 18.2. The fraction of sp³-hybridized carbons (Fsp3) is 0.680. The highest BCUT2D eigenvalue weighted by Gasteiger charge is 2.36. The molecule has 1 aliphatic heterocycles. The Morgan fingerprint density at radius 3 is 1.61 bits per heavy atom. The second-order valence-electron chi connectivity index (χ2n) is 7.87. The van der Waals surface area contributed by atoms with Crippen LogP contribution in [0.25, 0.3) is 0 Å². The van der Waals surface area contributed by atoms with E-state index in [0.29, 0.717) is 0 Å². The molecule has 3 heteroatoms. The van der Waals surface area contributed by atoms with Gasteiger partial charge >= 0.3 is 0 Å². The van der Waals surface area contributed by atoms with Gasteiger partial charge in [-0.05, 0) is 26.7 Å². The van der Waals surface area contributed by atoms with E-state index in [0.717, 1.165) is 34.5 Å². The van der Waals surface area contributed by atoms with Crippen molar-refractivity contribution in [3.05, 3.63) is 9.75 Å². The van der Waals surface area contributed by atoms with Crippen LogP contribution in [0.4, 0.5) is 0 Å². The van der Waals surface area contributed by atoms with Gasteiger partial charge in [0.25, 0.3) is 0 Å². The molecule has 0 N–H and O–H groups in total. The number of unbranched alkanes of at least 4 members (excludes halogenated alkanes) is 6. The van der Waals surface area contributed by atoms with Gasteiger partial charge in [-0.25, -0.2) is 0 Å². The van der Waals surface area contributed by atoms with E-state index in [1.54, 1.807) is 11.3 Å². The van der Waals surface area contributed by atoms with E-state index in [-0.39, 0.29) is 5.41 Å². The average Bonchev–Trinajstić information content (AvgIpc) is 2.90. The van der Waals surface area contributed by atoms with Crippen molar-refractivity contribution in [2.75, 3.05) is 13.2 Å². The highest BCUT2D eigenvalue weighted by atomic mass is 32.1. The predicted octanol–water partition coefficient (Wildman–Crippen LogP) is 7.19. The van der Waals surface area contributed by atoms with E-state index in [4.69, 9.17) is 9.47 Å². The molecule has 1 aromatic rings. The molecule has 0 radical (unpaired) electrons. The number of hydrogen-bond acceptors (Lipinski definition) is 3. The SMILES string of the molecule is CC#Cc1sc(C#CC)c2c1OCC(CCCCCC)(CCCCCC)CO2. The van der Waals surface area contributed by atoms with Crippen LogP contribution < -0.4 is 9.47 Å². The van der Waals surface area contributed by atoms with Crippen molar-refractivity contribution in [3.8, 4) is 35.2 Å². The molecule has 0 spiro atoms. The molecule has 0 saturated heterocycles. The zero-order valence-corrected chi connectivity index (χ0v) is 19.0.